The summed E-state index contributed by atoms with van der Waals surface area (Å²) in [6.45, 7) is 3.56. The van der Waals surface area contributed by atoms with Crippen molar-refractivity contribution in [2.45, 2.75) is 19.3 Å². The van der Waals surface area contributed by atoms with Gasteiger partial charge < -0.3 is 9.47 Å². The quantitative estimate of drug-likeness (QED) is 0.319. The Morgan fingerprint density at radius 3 is 2.09 bits per heavy atom. The van der Waals surface area contributed by atoms with Crippen LogP contribution < -0.4 is 0 Å². The predicted octanol–water partition coefficient (Wildman–Crippen LogP) is 2.56. The van der Waals surface area contributed by atoms with Gasteiger partial charge in [-0.2, -0.15) is 0 Å². The zero-order valence-corrected chi connectivity index (χ0v) is 12.8. The summed E-state index contributed by atoms with van der Waals surface area (Å²) in [7, 11) is 2.39. The van der Waals surface area contributed by atoms with Gasteiger partial charge in [-0.25, -0.2) is 0 Å². The van der Waals surface area contributed by atoms with Gasteiger partial charge in [0.25, 0.3) is 0 Å². The van der Waals surface area contributed by atoms with E-state index in [-0.39, 0.29) is 25.0 Å². The largest absolute Gasteiger partial charge is 0.468 e. The molecule has 0 heterocycles. The molecule has 0 saturated heterocycles. The maximum absolute atomic E-state index is 12.2. The lowest BCUT2D eigenvalue weighted by Gasteiger charge is -2.26. The van der Waals surface area contributed by atoms with E-state index in [0.29, 0.717) is 5.56 Å². The summed E-state index contributed by atoms with van der Waals surface area (Å²) < 4.78 is 9.46. The number of ketones is 1. The number of benzene rings is 1. The Kier molecular flexibility index (Phi) is 6.50. The number of methoxy groups -OCH3 is 2. The molecule has 1 rings (SSSR count). The second kappa shape index (κ2) is 8.12. The molecular weight excluding hydrogens is 284 g/mol. The number of esters is 2. The maximum atomic E-state index is 12.2. The SMILES string of the molecule is C=CCC(CCC(=O)c1ccccc1)(C(=O)OC)C(=O)OC. The van der Waals surface area contributed by atoms with Crippen LogP contribution in [-0.4, -0.2) is 31.9 Å². The van der Waals surface area contributed by atoms with E-state index >= 15 is 0 Å². The average Bonchev–Trinajstić information content (AvgIpc) is 2.57. The monoisotopic (exact) mass is 304 g/mol. The molecule has 22 heavy (non-hydrogen) atoms. The van der Waals surface area contributed by atoms with E-state index < -0.39 is 17.4 Å². The maximum Gasteiger partial charge on any atom is 0.323 e. The summed E-state index contributed by atoms with van der Waals surface area (Å²) in [5.74, 6) is -1.60. The van der Waals surface area contributed by atoms with Crippen molar-refractivity contribution in [1.29, 1.82) is 0 Å². The van der Waals surface area contributed by atoms with Gasteiger partial charge in [-0.15, -0.1) is 6.58 Å². The highest BCUT2D eigenvalue weighted by Gasteiger charge is 2.47. The zero-order valence-electron chi connectivity index (χ0n) is 12.8. The van der Waals surface area contributed by atoms with Gasteiger partial charge in [0.2, 0.25) is 0 Å². The fraction of sp³-hybridized carbons (Fsp3) is 0.353. The van der Waals surface area contributed by atoms with Crippen molar-refractivity contribution in [2.75, 3.05) is 14.2 Å². The number of Topliss-reactive ketones (excluding diaryl/α,β-unsaturated/α-hetero) is 1. The van der Waals surface area contributed by atoms with Crippen LogP contribution in [0.4, 0.5) is 0 Å². The zero-order chi connectivity index (χ0) is 16.6. The molecule has 0 aromatic heterocycles. The van der Waals surface area contributed by atoms with Gasteiger partial charge in [0.1, 0.15) is 0 Å². The molecule has 0 aliphatic rings. The highest BCUT2D eigenvalue weighted by molar-refractivity contribution is 6.02. The number of ether oxygens (including phenoxy) is 2. The van der Waals surface area contributed by atoms with E-state index in [1.54, 1.807) is 24.3 Å². The summed E-state index contributed by atoms with van der Waals surface area (Å²) in [4.78, 5) is 36.4. The van der Waals surface area contributed by atoms with Crippen LogP contribution in [-0.2, 0) is 19.1 Å². The molecule has 118 valence electrons. The van der Waals surface area contributed by atoms with E-state index in [1.807, 2.05) is 6.07 Å². The van der Waals surface area contributed by atoms with E-state index in [4.69, 9.17) is 9.47 Å². The van der Waals surface area contributed by atoms with Crippen LogP contribution >= 0.6 is 0 Å². The molecule has 5 heteroatoms. The smallest absolute Gasteiger partial charge is 0.323 e. The van der Waals surface area contributed by atoms with Crippen LogP contribution in [0.15, 0.2) is 43.0 Å². The number of carbonyl (C=O) groups excluding carboxylic acids is 3. The van der Waals surface area contributed by atoms with Crippen molar-refractivity contribution in [2.24, 2.45) is 5.41 Å². The Bertz CT molecular complexity index is 531. The topological polar surface area (TPSA) is 69.7 Å². The first-order chi connectivity index (χ1) is 10.5. The van der Waals surface area contributed by atoms with Crippen LogP contribution in [0.5, 0.6) is 0 Å². The van der Waals surface area contributed by atoms with Crippen LogP contribution in [0, 0.1) is 5.41 Å². The highest BCUT2D eigenvalue weighted by Crippen LogP contribution is 2.32. The van der Waals surface area contributed by atoms with E-state index in [9.17, 15) is 14.4 Å². The van der Waals surface area contributed by atoms with Crippen molar-refractivity contribution in [3.8, 4) is 0 Å². The van der Waals surface area contributed by atoms with Gasteiger partial charge in [0.05, 0.1) is 14.2 Å². The van der Waals surface area contributed by atoms with Gasteiger partial charge in [-0.1, -0.05) is 36.4 Å². The standard InChI is InChI=1S/C17H20O5/c1-4-11-17(15(19)21-2,16(20)22-3)12-10-14(18)13-8-6-5-7-9-13/h4-9H,1,10-12H2,2-3H3. The molecule has 0 fully saturated rings. The van der Waals surface area contributed by atoms with Crippen LogP contribution in [0.25, 0.3) is 0 Å². The molecule has 0 atom stereocenters. The summed E-state index contributed by atoms with van der Waals surface area (Å²) in [5, 5.41) is 0. The van der Waals surface area contributed by atoms with Gasteiger partial charge in [-0.3, -0.25) is 14.4 Å². The second-order valence-corrected chi connectivity index (χ2v) is 4.85. The minimum absolute atomic E-state index is 0.00605. The van der Waals surface area contributed by atoms with Gasteiger partial charge >= 0.3 is 11.9 Å². The van der Waals surface area contributed by atoms with Crippen LogP contribution in [0.1, 0.15) is 29.6 Å². The van der Waals surface area contributed by atoms with Crippen LogP contribution in [0.2, 0.25) is 0 Å². The number of hydrogen-bond donors (Lipinski definition) is 0. The fourth-order valence-corrected chi connectivity index (χ4v) is 2.29. The minimum Gasteiger partial charge on any atom is -0.468 e. The second-order valence-electron chi connectivity index (χ2n) is 4.85. The summed E-state index contributed by atoms with van der Waals surface area (Å²) in [6, 6.07) is 8.69. The first kappa shape index (κ1) is 17.6. The first-order valence-electron chi connectivity index (χ1n) is 6.87. The lowest BCUT2D eigenvalue weighted by molar-refractivity contribution is -0.169. The van der Waals surface area contributed by atoms with Crippen LogP contribution in [0.3, 0.4) is 0 Å². The molecule has 0 N–H and O–H groups in total. The van der Waals surface area contributed by atoms with Crippen molar-refractivity contribution >= 4 is 17.7 Å². The minimum atomic E-state index is -1.53. The average molecular weight is 304 g/mol. The third-order valence-electron chi connectivity index (χ3n) is 3.52. The Labute approximate surface area is 129 Å². The van der Waals surface area contributed by atoms with Gasteiger partial charge in [-0.05, 0) is 12.8 Å². The summed E-state index contributed by atoms with van der Waals surface area (Å²) in [6.07, 6.45) is 1.53. The Morgan fingerprint density at radius 1 is 1.09 bits per heavy atom. The third kappa shape index (κ3) is 3.81. The molecular formula is C17H20O5. The normalized spacial score (nSPS) is 10.6. The molecule has 1 aromatic rings. The van der Waals surface area contributed by atoms with E-state index in [0.717, 1.165) is 0 Å². The van der Waals surface area contributed by atoms with Gasteiger partial charge in [0, 0.05) is 12.0 Å². The van der Waals surface area contributed by atoms with Crippen molar-refractivity contribution < 1.29 is 23.9 Å². The molecule has 5 nitrogen and oxygen atoms in total. The molecule has 0 spiro atoms. The Balaban J connectivity index is 2.97. The number of carbonyl (C=O) groups is 3. The lowest BCUT2D eigenvalue weighted by Crippen LogP contribution is -2.41. The highest BCUT2D eigenvalue weighted by atomic mass is 16.5. The van der Waals surface area contributed by atoms with E-state index in [2.05, 4.69) is 6.58 Å². The Hall–Kier alpha value is -2.43. The fourth-order valence-electron chi connectivity index (χ4n) is 2.29. The molecule has 0 aliphatic carbocycles. The summed E-state index contributed by atoms with van der Waals surface area (Å²) in [5.41, 5.74) is -1.000. The predicted molar refractivity (Wildman–Crippen MR) is 81.3 cm³/mol. The van der Waals surface area contributed by atoms with Crippen molar-refractivity contribution in [3.05, 3.63) is 48.6 Å². The van der Waals surface area contributed by atoms with Gasteiger partial charge in [0.15, 0.2) is 11.2 Å². The molecule has 1 aromatic carbocycles. The van der Waals surface area contributed by atoms with E-state index in [1.165, 1.54) is 20.3 Å². The molecule has 0 saturated carbocycles. The van der Waals surface area contributed by atoms with Crippen molar-refractivity contribution in [1.82, 2.24) is 0 Å². The third-order valence-corrected chi connectivity index (χ3v) is 3.52. The number of hydrogen-bond acceptors (Lipinski definition) is 5. The number of rotatable bonds is 8. The molecule has 0 bridgehead atoms. The number of allylic oxidation sites excluding steroid dienone is 1. The first-order valence-corrected chi connectivity index (χ1v) is 6.87. The molecule has 0 unspecified atom stereocenters. The lowest BCUT2D eigenvalue weighted by atomic mass is 9.79. The molecule has 0 radical (unpaired) electrons. The molecule has 0 aliphatic heterocycles. The van der Waals surface area contributed by atoms with Crippen molar-refractivity contribution in [3.63, 3.8) is 0 Å². The molecule has 0 amide bonds. The Morgan fingerprint density at radius 2 is 1.64 bits per heavy atom. The summed E-state index contributed by atoms with van der Waals surface area (Å²) >= 11 is 0.